The first kappa shape index (κ1) is 15.3. The molecular formula is C15H12ClF2NO2. The number of rotatable bonds is 5. The molecule has 0 bridgehead atoms. The van der Waals surface area contributed by atoms with Gasteiger partial charge in [-0.05, 0) is 36.2 Å². The van der Waals surface area contributed by atoms with Gasteiger partial charge < -0.3 is 10.4 Å². The topological polar surface area (TPSA) is 49.3 Å². The summed E-state index contributed by atoms with van der Waals surface area (Å²) in [6.45, 7) is 0.307. The molecule has 0 atom stereocenters. The standard InChI is InChI=1S/C15H12ClF2NO2/c16-11-3-1-9(2-4-11)5-6-19-14-12(17)7-10(15(20)21)8-13(14)18/h1-4,7-8,19H,5-6H2,(H,20,21). The van der Waals surface area contributed by atoms with Crippen LogP contribution in [0.1, 0.15) is 15.9 Å². The minimum absolute atomic E-state index is 0.307. The molecule has 2 aromatic rings. The average Bonchev–Trinajstić information content (AvgIpc) is 2.43. The largest absolute Gasteiger partial charge is 0.478 e. The van der Waals surface area contributed by atoms with Gasteiger partial charge in [-0.3, -0.25) is 0 Å². The van der Waals surface area contributed by atoms with Crippen LogP contribution < -0.4 is 5.32 Å². The third-order valence-electron chi connectivity index (χ3n) is 2.92. The molecule has 0 saturated heterocycles. The molecule has 0 radical (unpaired) electrons. The summed E-state index contributed by atoms with van der Waals surface area (Å²) in [5, 5.41) is 12.0. The highest BCUT2D eigenvalue weighted by Gasteiger charge is 2.14. The normalized spacial score (nSPS) is 10.4. The maximum atomic E-state index is 13.7. The number of carboxylic acids is 1. The van der Waals surface area contributed by atoms with Crippen molar-refractivity contribution in [3.63, 3.8) is 0 Å². The summed E-state index contributed by atoms with van der Waals surface area (Å²) in [7, 11) is 0. The summed E-state index contributed by atoms with van der Waals surface area (Å²) in [5.74, 6) is -3.23. The van der Waals surface area contributed by atoms with Crippen molar-refractivity contribution in [3.05, 3.63) is 64.2 Å². The highest BCUT2D eigenvalue weighted by Crippen LogP contribution is 2.21. The SMILES string of the molecule is O=C(O)c1cc(F)c(NCCc2ccc(Cl)cc2)c(F)c1. The van der Waals surface area contributed by atoms with E-state index < -0.39 is 23.2 Å². The highest BCUT2D eigenvalue weighted by molar-refractivity contribution is 6.30. The molecule has 6 heteroatoms. The van der Waals surface area contributed by atoms with Gasteiger partial charge in [0.2, 0.25) is 0 Å². The van der Waals surface area contributed by atoms with E-state index in [4.69, 9.17) is 16.7 Å². The Morgan fingerprint density at radius 2 is 1.71 bits per heavy atom. The molecule has 0 unspecified atom stereocenters. The second kappa shape index (κ2) is 6.54. The van der Waals surface area contributed by atoms with E-state index in [1.54, 1.807) is 12.1 Å². The molecule has 0 saturated carbocycles. The van der Waals surface area contributed by atoms with Crippen LogP contribution in [0.15, 0.2) is 36.4 Å². The molecule has 0 spiro atoms. The van der Waals surface area contributed by atoms with Crippen LogP contribution in [0, 0.1) is 11.6 Å². The predicted octanol–water partition coefficient (Wildman–Crippen LogP) is 3.97. The van der Waals surface area contributed by atoms with Crippen molar-refractivity contribution in [1.82, 2.24) is 0 Å². The summed E-state index contributed by atoms with van der Waals surface area (Å²) in [6.07, 6.45) is 0.552. The van der Waals surface area contributed by atoms with Crippen molar-refractivity contribution in [1.29, 1.82) is 0 Å². The third-order valence-corrected chi connectivity index (χ3v) is 3.17. The van der Waals surface area contributed by atoms with Gasteiger partial charge in [0.15, 0.2) is 0 Å². The Bertz CT molecular complexity index is 636. The fourth-order valence-electron chi connectivity index (χ4n) is 1.85. The number of carboxylic acid groups (broad SMARTS) is 1. The van der Waals surface area contributed by atoms with Gasteiger partial charge in [0.05, 0.1) is 5.56 Å². The van der Waals surface area contributed by atoms with E-state index in [1.807, 2.05) is 12.1 Å². The van der Waals surface area contributed by atoms with Gasteiger partial charge in [-0.15, -0.1) is 0 Å². The predicted molar refractivity (Wildman–Crippen MR) is 77.0 cm³/mol. The molecule has 2 N–H and O–H groups in total. The third kappa shape index (κ3) is 3.92. The first-order chi connectivity index (χ1) is 9.97. The first-order valence-corrected chi connectivity index (χ1v) is 6.56. The minimum Gasteiger partial charge on any atom is -0.478 e. The molecule has 0 aromatic heterocycles. The lowest BCUT2D eigenvalue weighted by Crippen LogP contribution is -2.09. The zero-order chi connectivity index (χ0) is 15.4. The molecule has 21 heavy (non-hydrogen) atoms. The van der Waals surface area contributed by atoms with E-state index in [1.165, 1.54) is 0 Å². The fourth-order valence-corrected chi connectivity index (χ4v) is 1.97. The van der Waals surface area contributed by atoms with Crippen molar-refractivity contribution < 1.29 is 18.7 Å². The van der Waals surface area contributed by atoms with Crippen molar-refractivity contribution in [2.75, 3.05) is 11.9 Å². The quantitative estimate of drug-likeness (QED) is 0.878. The van der Waals surface area contributed by atoms with Crippen LogP contribution in [0.25, 0.3) is 0 Å². The molecule has 0 aliphatic carbocycles. The van der Waals surface area contributed by atoms with Gasteiger partial charge >= 0.3 is 5.97 Å². The molecule has 110 valence electrons. The van der Waals surface area contributed by atoms with Crippen LogP contribution in [-0.2, 0) is 6.42 Å². The lowest BCUT2D eigenvalue weighted by Gasteiger charge is -2.09. The molecule has 0 fully saturated rings. The Balaban J connectivity index is 2.03. The number of anilines is 1. The van der Waals surface area contributed by atoms with E-state index in [0.717, 1.165) is 17.7 Å². The summed E-state index contributed by atoms with van der Waals surface area (Å²) in [4.78, 5) is 10.7. The van der Waals surface area contributed by atoms with Crippen molar-refractivity contribution in [2.24, 2.45) is 0 Å². The van der Waals surface area contributed by atoms with Crippen LogP contribution in [0.5, 0.6) is 0 Å². The Morgan fingerprint density at radius 3 is 2.24 bits per heavy atom. The molecule has 0 amide bonds. The molecule has 2 rings (SSSR count). The Morgan fingerprint density at radius 1 is 1.14 bits per heavy atom. The fraction of sp³-hybridized carbons (Fsp3) is 0.133. The number of halogens is 3. The van der Waals surface area contributed by atoms with Gasteiger partial charge in [-0.2, -0.15) is 0 Å². The molecule has 0 aliphatic heterocycles. The van der Waals surface area contributed by atoms with E-state index in [9.17, 15) is 13.6 Å². The average molecular weight is 312 g/mol. The van der Waals surface area contributed by atoms with E-state index in [-0.39, 0.29) is 5.69 Å². The molecule has 0 heterocycles. The summed E-state index contributed by atoms with van der Waals surface area (Å²) < 4.78 is 27.3. The Labute approximate surface area is 125 Å². The van der Waals surface area contributed by atoms with Crippen LogP contribution in [-0.4, -0.2) is 17.6 Å². The van der Waals surface area contributed by atoms with Crippen LogP contribution in [0.2, 0.25) is 5.02 Å². The number of aromatic carboxylic acids is 1. The monoisotopic (exact) mass is 311 g/mol. The van der Waals surface area contributed by atoms with Crippen molar-refractivity contribution in [2.45, 2.75) is 6.42 Å². The molecular weight excluding hydrogens is 300 g/mol. The Kier molecular flexibility index (Phi) is 4.75. The summed E-state index contributed by atoms with van der Waals surface area (Å²) >= 11 is 5.76. The van der Waals surface area contributed by atoms with Crippen LogP contribution in [0.3, 0.4) is 0 Å². The first-order valence-electron chi connectivity index (χ1n) is 6.18. The van der Waals surface area contributed by atoms with Crippen LogP contribution in [0.4, 0.5) is 14.5 Å². The lowest BCUT2D eigenvalue weighted by molar-refractivity contribution is 0.0696. The van der Waals surface area contributed by atoms with Gasteiger partial charge in [0.25, 0.3) is 0 Å². The van der Waals surface area contributed by atoms with Gasteiger partial charge in [0, 0.05) is 11.6 Å². The summed E-state index contributed by atoms with van der Waals surface area (Å²) in [5.41, 5.74) is 0.220. The summed E-state index contributed by atoms with van der Waals surface area (Å²) in [6, 6.07) is 8.69. The molecule has 2 aromatic carbocycles. The zero-order valence-corrected chi connectivity index (χ0v) is 11.6. The van der Waals surface area contributed by atoms with Gasteiger partial charge in [0.1, 0.15) is 17.3 Å². The van der Waals surface area contributed by atoms with Crippen molar-refractivity contribution >= 4 is 23.3 Å². The maximum absolute atomic E-state index is 13.7. The Hall–Kier alpha value is -2.14. The number of nitrogens with one attached hydrogen (secondary N) is 1. The van der Waals surface area contributed by atoms with Gasteiger partial charge in [-0.25, -0.2) is 13.6 Å². The minimum atomic E-state index is -1.37. The molecule has 0 aliphatic rings. The number of hydrogen-bond acceptors (Lipinski definition) is 2. The van der Waals surface area contributed by atoms with Gasteiger partial charge in [-0.1, -0.05) is 23.7 Å². The van der Waals surface area contributed by atoms with Crippen LogP contribution >= 0.6 is 11.6 Å². The smallest absolute Gasteiger partial charge is 0.335 e. The highest BCUT2D eigenvalue weighted by atomic mass is 35.5. The lowest BCUT2D eigenvalue weighted by atomic mass is 10.1. The second-order valence-electron chi connectivity index (χ2n) is 4.42. The maximum Gasteiger partial charge on any atom is 0.335 e. The zero-order valence-electron chi connectivity index (χ0n) is 10.9. The molecule has 3 nitrogen and oxygen atoms in total. The number of carbonyl (C=O) groups is 1. The van der Waals surface area contributed by atoms with E-state index in [2.05, 4.69) is 5.32 Å². The van der Waals surface area contributed by atoms with Crippen molar-refractivity contribution in [3.8, 4) is 0 Å². The number of benzene rings is 2. The number of hydrogen-bond donors (Lipinski definition) is 2. The van der Waals surface area contributed by atoms with E-state index >= 15 is 0 Å². The van der Waals surface area contributed by atoms with E-state index in [0.29, 0.717) is 18.0 Å². The second-order valence-corrected chi connectivity index (χ2v) is 4.86.